The highest BCUT2D eigenvalue weighted by Crippen LogP contribution is 2.26. The quantitative estimate of drug-likeness (QED) is 0.779. The molecule has 0 bridgehead atoms. The molecule has 0 radical (unpaired) electrons. The van der Waals surface area contributed by atoms with Crippen LogP contribution in [0, 0.1) is 0 Å². The van der Waals surface area contributed by atoms with Gasteiger partial charge in [0.1, 0.15) is 5.69 Å². The summed E-state index contributed by atoms with van der Waals surface area (Å²) in [4.78, 5) is 0. The maximum Gasteiger partial charge on any atom is 0.221 e. The van der Waals surface area contributed by atoms with Crippen molar-refractivity contribution in [1.29, 1.82) is 0 Å². The minimum absolute atomic E-state index is 0.249. The van der Waals surface area contributed by atoms with Crippen molar-refractivity contribution in [3.63, 3.8) is 0 Å². The van der Waals surface area contributed by atoms with Gasteiger partial charge in [0.05, 0.1) is 5.35 Å². The van der Waals surface area contributed by atoms with Crippen LogP contribution in [0.15, 0.2) is 60.7 Å². The molecule has 3 heteroatoms. The molecule has 0 atom stereocenters. The predicted octanol–water partition coefficient (Wildman–Crippen LogP) is 3.28. The SMILES string of the molecule is Oc1c(Nc2ccccc2)c2c(n1-c1ccccc1)=CCCC=2. The molecular weight excluding hydrogens is 284 g/mol. The lowest BCUT2D eigenvalue weighted by atomic mass is 10.1. The van der Waals surface area contributed by atoms with Crippen LogP contribution >= 0.6 is 0 Å². The molecule has 0 amide bonds. The molecule has 3 aromatic rings. The van der Waals surface area contributed by atoms with Gasteiger partial charge in [0, 0.05) is 16.6 Å². The van der Waals surface area contributed by atoms with E-state index in [1.54, 1.807) is 0 Å². The molecule has 1 aliphatic rings. The first kappa shape index (κ1) is 13.7. The summed E-state index contributed by atoms with van der Waals surface area (Å²) in [6.45, 7) is 0. The molecule has 0 aliphatic heterocycles. The molecule has 0 saturated heterocycles. The van der Waals surface area contributed by atoms with Gasteiger partial charge in [-0.2, -0.15) is 0 Å². The number of nitrogens with one attached hydrogen (secondary N) is 1. The fourth-order valence-electron chi connectivity index (χ4n) is 3.08. The van der Waals surface area contributed by atoms with Crippen LogP contribution < -0.4 is 15.9 Å². The van der Waals surface area contributed by atoms with Crippen LogP contribution in [0.3, 0.4) is 0 Å². The van der Waals surface area contributed by atoms with Crippen LogP contribution in [-0.4, -0.2) is 9.67 Å². The largest absolute Gasteiger partial charge is 0.493 e. The first-order chi connectivity index (χ1) is 11.3. The monoisotopic (exact) mass is 302 g/mol. The second-order valence-electron chi connectivity index (χ2n) is 5.65. The second kappa shape index (κ2) is 5.69. The van der Waals surface area contributed by atoms with Crippen molar-refractivity contribution in [2.24, 2.45) is 0 Å². The maximum atomic E-state index is 10.9. The summed E-state index contributed by atoms with van der Waals surface area (Å²) in [5.74, 6) is 0.249. The van der Waals surface area contributed by atoms with E-state index in [1.807, 2.05) is 65.2 Å². The number of anilines is 2. The van der Waals surface area contributed by atoms with E-state index in [-0.39, 0.29) is 5.88 Å². The van der Waals surface area contributed by atoms with E-state index in [0.29, 0.717) is 0 Å². The molecule has 23 heavy (non-hydrogen) atoms. The number of hydrogen-bond donors (Lipinski definition) is 2. The van der Waals surface area contributed by atoms with Gasteiger partial charge in [0.15, 0.2) is 0 Å². The van der Waals surface area contributed by atoms with Gasteiger partial charge < -0.3 is 10.4 Å². The van der Waals surface area contributed by atoms with Crippen LogP contribution in [0.5, 0.6) is 5.88 Å². The van der Waals surface area contributed by atoms with Crippen molar-refractivity contribution in [3.8, 4) is 11.6 Å². The van der Waals surface area contributed by atoms with E-state index >= 15 is 0 Å². The van der Waals surface area contributed by atoms with Gasteiger partial charge in [-0.1, -0.05) is 48.6 Å². The summed E-state index contributed by atoms with van der Waals surface area (Å²) in [6.07, 6.45) is 6.38. The summed E-state index contributed by atoms with van der Waals surface area (Å²) in [5, 5.41) is 16.3. The topological polar surface area (TPSA) is 37.2 Å². The molecule has 1 aromatic heterocycles. The Labute approximate surface area is 134 Å². The van der Waals surface area contributed by atoms with E-state index in [9.17, 15) is 5.11 Å². The van der Waals surface area contributed by atoms with Crippen molar-refractivity contribution in [2.75, 3.05) is 5.32 Å². The smallest absolute Gasteiger partial charge is 0.221 e. The molecule has 4 rings (SSSR count). The molecule has 2 N–H and O–H groups in total. The number of aromatic hydroxyl groups is 1. The normalized spacial score (nSPS) is 12.9. The van der Waals surface area contributed by atoms with Crippen molar-refractivity contribution in [2.45, 2.75) is 12.8 Å². The fraction of sp³-hybridized carbons (Fsp3) is 0.100. The summed E-state index contributed by atoms with van der Waals surface area (Å²) >= 11 is 0. The van der Waals surface area contributed by atoms with Crippen LogP contribution in [0.2, 0.25) is 0 Å². The molecule has 0 spiro atoms. The third-order valence-corrected chi connectivity index (χ3v) is 4.13. The number of para-hydroxylation sites is 2. The van der Waals surface area contributed by atoms with Crippen molar-refractivity contribution in [3.05, 3.63) is 71.2 Å². The Morgan fingerprint density at radius 2 is 1.48 bits per heavy atom. The highest BCUT2D eigenvalue weighted by atomic mass is 16.3. The molecular formula is C20H18N2O. The Hall–Kier alpha value is -2.94. The predicted molar refractivity (Wildman–Crippen MR) is 94.6 cm³/mol. The first-order valence-corrected chi connectivity index (χ1v) is 7.86. The third-order valence-electron chi connectivity index (χ3n) is 4.13. The molecule has 114 valence electrons. The molecule has 3 nitrogen and oxygen atoms in total. The Kier molecular flexibility index (Phi) is 3.39. The zero-order chi connectivity index (χ0) is 15.6. The number of nitrogens with zero attached hydrogens (tertiary/aromatic N) is 1. The van der Waals surface area contributed by atoms with Gasteiger partial charge in [-0.3, -0.25) is 4.57 Å². The minimum atomic E-state index is 0.249. The Morgan fingerprint density at radius 1 is 0.826 bits per heavy atom. The number of benzene rings is 2. The standard InChI is InChI=1S/C20H18N2O/c23-20-19(21-15-9-3-1-4-10-15)17-13-7-8-14-18(17)22(20)16-11-5-2-6-12-16/h1-6,9-14,21,23H,7-8H2. The molecule has 0 unspecified atom stereocenters. The van der Waals surface area contributed by atoms with Crippen LogP contribution in [0.4, 0.5) is 11.4 Å². The van der Waals surface area contributed by atoms with Crippen molar-refractivity contribution < 1.29 is 5.11 Å². The molecule has 2 aromatic carbocycles. The van der Waals surface area contributed by atoms with E-state index < -0.39 is 0 Å². The lowest BCUT2D eigenvalue weighted by Crippen LogP contribution is -2.30. The number of aromatic nitrogens is 1. The number of rotatable bonds is 3. The third kappa shape index (κ3) is 2.40. The molecule has 1 aliphatic carbocycles. The average molecular weight is 302 g/mol. The first-order valence-electron chi connectivity index (χ1n) is 7.86. The number of hydrogen-bond acceptors (Lipinski definition) is 2. The van der Waals surface area contributed by atoms with Gasteiger partial charge in [0.25, 0.3) is 0 Å². The summed E-state index contributed by atoms with van der Waals surface area (Å²) in [5.41, 5.74) is 2.70. The van der Waals surface area contributed by atoms with Crippen molar-refractivity contribution in [1.82, 2.24) is 4.57 Å². The molecule has 0 saturated carbocycles. The van der Waals surface area contributed by atoms with Crippen LogP contribution in [0.1, 0.15) is 12.8 Å². The summed E-state index contributed by atoms with van der Waals surface area (Å²) < 4.78 is 1.91. The van der Waals surface area contributed by atoms with Crippen LogP contribution in [-0.2, 0) is 0 Å². The second-order valence-corrected chi connectivity index (χ2v) is 5.65. The highest BCUT2D eigenvalue weighted by molar-refractivity contribution is 5.69. The molecule has 1 heterocycles. The summed E-state index contributed by atoms with van der Waals surface area (Å²) in [7, 11) is 0. The van der Waals surface area contributed by atoms with Gasteiger partial charge in [-0.15, -0.1) is 0 Å². The zero-order valence-electron chi connectivity index (χ0n) is 12.7. The Morgan fingerprint density at radius 3 is 2.22 bits per heavy atom. The summed E-state index contributed by atoms with van der Waals surface area (Å²) in [6, 6.07) is 19.9. The fourth-order valence-corrected chi connectivity index (χ4v) is 3.08. The van der Waals surface area contributed by atoms with Crippen molar-refractivity contribution >= 4 is 23.5 Å². The molecule has 0 fully saturated rings. The lowest BCUT2D eigenvalue weighted by molar-refractivity contribution is 0.443. The van der Waals surface area contributed by atoms with Gasteiger partial charge in [-0.05, 0) is 37.1 Å². The zero-order valence-corrected chi connectivity index (χ0v) is 12.7. The van der Waals surface area contributed by atoms with E-state index in [2.05, 4.69) is 17.5 Å². The van der Waals surface area contributed by atoms with Gasteiger partial charge in [0.2, 0.25) is 5.88 Å². The Bertz CT molecular complexity index is 941. The van der Waals surface area contributed by atoms with Crippen LogP contribution in [0.25, 0.3) is 17.8 Å². The van der Waals surface area contributed by atoms with E-state index in [0.717, 1.165) is 40.5 Å². The lowest BCUT2D eigenvalue weighted by Gasteiger charge is -2.08. The van der Waals surface area contributed by atoms with E-state index in [4.69, 9.17) is 0 Å². The maximum absolute atomic E-state index is 10.9. The van der Waals surface area contributed by atoms with E-state index in [1.165, 1.54) is 0 Å². The Balaban J connectivity index is 1.93. The minimum Gasteiger partial charge on any atom is -0.493 e. The van der Waals surface area contributed by atoms with Gasteiger partial charge >= 0.3 is 0 Å². The number of fused-ring (bicyclic) bond motifs is 1. The van der Waals surface area contributed by atoms with Gasteiger partial charge in [-0.25, -0.2) is 0 Å². The average Bonchev–Trinajstić information content (AvgIpc) is 2.89. The highest BCUT2D eigenvalue weighted by Gasteiger charge is 2.16.